The number of pyridine rings is 1. The summed E-state index contributed by atoms with van der Waals surface area (Å²) in [6.45, 7) is 4.34. The van der Waals surface area contributed by atoms with Gasteiger partial charge in [-0.15, -0.1) is 0 Å². The Morgan fingerprint density at radius 1 is 1.20 bits per heavy atom. The Balaban J connectivity index is 2.06. The topological polar surface area (TPSA) is 57.5 Å². The van der Waals surface area contributed by atoms with E-state index in [4.69, 9.17) is 21.1 Å². The van der Waals surface area contributed by atoms with Crippen molar-refractivity contribution in [3.63, 3.8) is 0 Å². The molecule has 0 radical (unpaired) electrons. The van der Waals surface area contributed by atoms with Crippen LogP contribution in [0.2, 0.25) is 5.02 Å². The zero-order chi connectivity index (χ0) is 22.3. The van der Waals surface area contributed by atoms with Crippen molar-refractivity contribution >= 4 is 17.6 Å². The second-order valence-electron chi connectivity index (χ2n) is 8.11. The molecular formula is C21H21ClF3NO4. The van der Waals surface area contributed by atoms with Gasteiger partial charge in [-0.3, -0.25) is 9.59 Å². The number of carbonyl (C=O) groups excluding carboxylic acids is 1. The van der Waals surface area contributed by atoms with Gasteiger partial charge in [0.2, 0.25) is 0 Å². The molecule has 30 heavy (non-hydrogen) atoms. The average molecular weight is 444 g/mol. The second kappa shape index (κ2) is 8.07. The maximum atomic E-state index is 13.4. The Kier molecular flexibility index (Phi) is 6.02. The molecule has 0 bridgehead atoms. The predicted octanol–water partition coefficient (Wildman–Crippen LogP) is 4.51. The fourth-order valence-corrected chi connectivity index (χ4v) is 3.43. The van der Waals surface area contributed by atoms with Gasteiger partial charge in [0, 0.05) is 29.3 Å². The number of halogens is 4. The summed E-state index contributed by atoms with van der Waals surface area (Å²) in [5, 5.41) is 0.336. The minimum atomic E-state index is -4.56. The first-order chi connectivity index (χ1) is 13.8. The van der Waals surface area contributed by atoms with Gasteiger partial charge in [-0.2, -0.15) is 13.2 Å². The molecule has 5 nitrogen and oxygen atoms in total. The zero-order valence-electron chi connectivity index (χ0n) is 16.7. The average Bonchev–Trinajstić information content (AvgIpc) is 2.57. The van der Waals surface area contributed by atoms with Crippen molar-refractivity contribution in [3.8, 4) is 11.1 Å². The summed E-state index contributed by atoms with van der Waals surface area (Å²) >= 11 is 6.07. The summed E-state index contributed by atoms with van der Waals surface area (Å²) in [7, 11) is 0. The number of hydrogen-bond donors (Lipinski definition) is 0. The highest BCUT2D eigenvalue weighted by molar-refractivity contribution is 6.30. The molecule has 1 atom stereocenters. The number of aromatic nitrogens is 1. The van der Waals surface area contributed by atoms with E-state index < -0.39 is 35.8 Å². The molecule has 1 aliphatic rings. The largest absolute Gasteiger partial charge is 0.459 e. The van der Waals surface area contributed by atoms with Crippen LogP contribution in [-0.2, 0) is 33.8 Å². The lowest BCUT2D eigenvalue weighted by molar-refractivity contribution is -0.223. The molecule has 0 spiro atoms. The number of nitrogens with zero attached hydrogens (tertiary/aromatic N) is 1. The van der Waals surface area contributed by atoms with E-state index >= 15 is 0 Å². The van der Waals surface area contributed by atoms with Crippen LogP contribution in [-0.4, -0.2) is 28.4 Å². The summed E-state index contributed by atoms with van der Waals surface area (Å²) in [6, 6.07) is 5.82. The molecule has 2 aromatic rings. The van der Waals surface area contributed by atoms with Crippen LogP contribution in [0.3, 0.4) is 0 Å². The molecular weight excluding hydrogens is 423 g/mol. The van der Waals surface area contributed by atoms with Gasteiger partial charge >= 0.3 is 12.1 Å². The maximum Gasteiger partial charge on any atom is 0.414 e. The Hall–Kier alpha value is -2.32. The third-order valence-corrected chi connectivity index (χ3v) is 4.74. The number of hydrogen-bond acceptors (Lipinski definition) is 4. The first-order valence-corrected chi connectivity index (χ1v) is 9.63. The summed E-state index contributed by atoms with van der Waals surface area (Å²) in [5.41, 5.74) is 0.361. The normalized spacial score (nSPS) is 16.8. The minimum Gasteiger partial charge on any atom is -0.459 e. The minimum absolute atomic E-state index is 0.336. The van der Waals surface area contributed by atoms with Crippen LogP contribution in [0.4, 0.5) is 13.2 Å². The first kappa shape index (κ1) is 22.4. The fourth-order valence-electron chi connectivity index (χ4n) is 3.26. The van der Waals surface area contributed by atoms with E-state index in [1.54, 1.807) is 20.8 Å². The van der Waals surface area contributed by atoms with Crippen molar-refractivity contribution < 1.29 is 27.4 Å². The summed E-state index contributed by atoms with van der Waals surface area (Å²) in [5.74, 6) is -0.632. The van der Waals surface area contributed by atoms with Gasteiger partial charge in [0.15, 0.2) is 6.10 Å². The number of esters is 1. The van der Waals surface area contributed by atoms with Gasteiger partial charge in [-0.05, 0) is 49.6 Å². The second-order valence-corrected chi connectivity index (χ2v) is 8.55. The molecule has 9 heteroatoms. The van der Waals surface area contributed by atoms with Gasteiger partial charge in [-0.1, -0.05) is 17.7 Å². The SMILES string of the molecule is CC(C)(C)OC(=O)Cn1cc2c(cc1=O)-c1cc(Cl)ccc1CC(C(F)(F)F)OC2. The molecule has 1 aliphatic heterocycles. The molecule has 0 N–H and O–H groups in total. The van der Waals surface area contributed by atoms with E-state index in [-0.39, 0.29) is 13.2 Å². The lowest BCUT2D eigenvalue weighted by Gasteiger charge is -2.26. The predicted molar refractivity (Wildman–Crippen MR) is 105 cm³/mol. The number of alkyl halides is 3. The molecule has 162 valence electrons. The van der Waals surface area contributed by atoms with Crippen LogP contribution in [0, 0.1) is 0 Å². The van der Waals surface area contributed by atoms with Gasteiger partial charge in [-0.25, -0.2) is 0 Å². The van der Waals surface area contributed by atoms with Crippen LogP contribution in [0.5, 0.6) is 0 Å². The van der Waals surface area contributed by atoms with Crippen molar-refractivity contribution in [1.82, 2.24) is 4.57 Å². The molecule has 1 unspecified atom stereocenters. The molecule has 1 aromatic heterocycles. The van der Waals surface area contributed by atoms with Crippen molar-refractivity contribution in [2.75, 3.05) is 0 Å². The van der Waals surface area contributed by atoms with E-state index in [0.717, 1.165) is 4.57 Å². The molecule has 0 fully saturated rings. The van der Waals surface area contributed by atoms with E-state index in [9.17, 15) is 22.8 Å². The van der Waals surface area contributed by atoms with Crippen molar-refractivity contribution in [2.24, 2.45) is 0 Å². The molecule has 0 saturated carbocycles. The highest BCUT2D eigenvalue weighted by atomic mass is 35.5. The molecule has 3 rings (SSSR count). The standard InChI is InChI=1S/C21H21ClF3NO4/c1-20(2,3)30-19(28)10-26-9-13-11-29-17(21(23,24)25)6-12-4-5-14(22)7-15(12)16(13)8-18(26)27/h4-5,7-9,17H,6,10-11H2,1-3H3. The summed E-state index contributed by atoms with van der Waals surface area (Å²) in [6.07, 6.45) is -5.61. The van der Waals surface area contributed by atoms with Gasteiger partial charge < -0.3 is 14.0 Å². The lowest BCUT2D eigenvalue weighted by atomic mass is 9.92. The Bertz CT molecular complexity index is 1020. The molecule has 0 aliphatic carbocycles. The van der Waals surface area contributed by atoms with Crippen molar-refractivity contribution in [1.29, 1.82) is 0 Å². The third kappa shape index (κ3) is 5.23. The number of carbonyl (C=O) groups is 1. The summed E-state index contributed by atoms with van der Waals surface area (Å²) in [4.78, 5) is 24.7. The van der Waals surface area contributed by atoms with Gasteiger partial charge in [0.25, 0.3) is 5.56 Å². The summed E-state index contributed by atoms with van der Waals surface area (Å²) < 4.78 is 51.7. The number of fused-ring (bicyclic) bond motifs is 3. The molecule has 0 amide bonds. The third-order valence-electron chi connectivity index (χ3n) is 4.50. The van der Waals surface area contributed by atoms with Crippen molar-refractivity contribution in [2.45, 2.75) is 58.2 Å². The smallest absolute Gasteiger partial charge is 0.414 e. The maximum absolute atomic E-state index is 13.4. The molecule has 0 saturated heterocycles. The number of ether oxygens (including phenoxy) is 2. The Morgan fingerprint density at radius 3 is 2.50 bits per heavy atom. The Labute approximate surface area is 176 Å². The van der Waals surface area contributed by atoms with E-state index in [1.807, 2.05) is 0 Å². The molecule has 1 aromatic carbocycles. The Morgan fingerprint density at radius 2 is 1.87 bits per heavy atom. The van der Waals surface area contributed by atoms with Crippen LogP contribution < -0.4 is 5.56 Å². The molecule has 2 heterocycles. The van der Waals surface area contributed by atoms with Gasteiger partial charge in [0.1, 0.15) is 12.1 Å². The zero-order valence-corrected chi connectivity index (χ0v) is 17.4. The fraction of sp³-hybridized carbons (Fsp3) is 0.429. The van der Waals surface area contributed by atoms with Crippen molar-refractivity contribution in [3.05, 3.63) is 57.0 Å². The van der Waals surface area contributed by atoms with Crippen LogP contribution in [0.1, 0.15) is 31.9 Å². The highest BCUT2D eigenvalue weighted by Gasteiger charge is 2.42. The van der Waals surface area contributed by atoms with Crippen LogP contribution >= 0.6 is 11.6 Å². The first-order valence-electron chi connectivity index (χ1n) is 9.26. The van der Waals surface area contributed by atoms with Crippen LogP contribution in [0.25, 0.3) is 11.1 Å². The quantitative estimate of drug-likeness (QED) is 0.641. The lowest BCUT2D eigenvalue weighted by Crippen LogP contribution is -2.35. The van der Waals surface area contributed by atoms with Crippen LogP contribution in [0.15, 0.2) is 35.3 Å². The number of benzene rings is 1. The van der Waals surface area contributed by atoms with E-state index in [0.29, 0.717) is 27.3 Å². The van der Waals surface area contributed by atoms with E-state index in [2.05, 4.69) is 0 Å². The van der Waals surface area contributed by atoms with E-state index in [1.165, 1.54) is 30.5 Å². The monoisotopic (exact) mass is 443 g/mol. The highest BCUT2D eigenvalue weighted by Crippen LogP contribution is 2.36. The number of rotatable bonds is 2. The van der Waals surface area contributed by atoms with Gasteiger partial charge in [0.05, 0.1) is 6.61 Å².